The van der Waals surface area contributed by atoms with Crippen molar-refractivity contribution in [2.75, 3.05) is 11.9 Å². The van der Waals surface area contributed by atoms with Gasteiger partial charge in [-0.15, -0.1) is 0 Å². The average Bonchev–Trinajstić information content (AvgIpc) is 2.67. The Kier molecular flexibility index (Phi) is 5.69. The Balaban J connectivity index is 1.89. The van der Waals surface area contributed by atoms with Gasteiger partial charge in [0.2, 0.25) is 0 Å². The first-order valence-corrected chi connectivity index (χ1v) is 8.52. The van der Waals surface area contributed by atoms with E-state index < -0.39 is 29.3 Å². The summed E-state index contributed by atoms with van der Waals surface area (Å²) in [5.74, 6) is -0.797. The van der Waals surface area contributed by atoms with Crippen molar-refractivity contribution >= 4 is 11.5 Å². The Morgan fingerprint density at radius 3 is 2.17 bits per heavy atom. The van der Waals surface area contributed by atoms with Gasteiger partial charge in [0.1, 0.15) is 18.0 Å². The topological polar surface area (TPSA) is 29.0 Å². The van der Waals surface area contributed by atoms with Crippen LogP contribution in [-0.4, -0.2) is 17.0 Å². The molecule has 158 valence electrons. The van der Waals surface area contributed by atoms with Crippen molar-refractivity contribution in [2.45, 2.75) is 18.8 Å². The normalized spacial score (nSPS) is 12.1. The van der Waals surface area contributed by atoms with Crippen LogP contribution >= 0.6 is 0 Å². The molecule has 3 rings (SSSR count). The highest BCUT2D eigenvalue weighted by molar-refractivity contribution is 5.61. The molecule has 1 heterocycles. The maximum Gasteiger partial charge on any atom is 0.416 e. The molecule has 30 heavy (non-hydrogen) atoms. The van der Waals surface area contributed by atoms with Crippen molar-refractivity contribution in [3.8, 4) is 0 Å². The fourth-order valence-electron chi connectivity index (χ4n) is 2.80. The molecule has 0 fully saturated rings. The lowest BCUT2D eigenvalue weighted by Crippen LogP contribution is -2.15. The summed E-state index contributed by atoms with van der Waals surface area (Å²) in [7, 11) is 1.33. The number of rotatable bonds is 4. The van der Waals surface area contributed by atoms with Gasteiger partial charge < -0.3 is 4.90 Å². The van der Waals surface area contributed by atoms with E-state index in [1.165, 1.54) is 25.2 Å². The summed E-state index contributed by atoms with van der Waals surface area (Å²) >= 11 is 0. The van der Waals surface area contributed by atoms with Gasteiger partial charge in [0.05, 0.1) is 22.5 Å². The van der Waals surface area contributed by atoms with Crippen LogP contribution in [0.25, 0.3) is 0 Å². The molecular weight excluding hydrogens is 415 g/mol. The van der Waals surface area contributed by atoms with E-state index in [4.69, 9.17) is 0 Å². The summed E-state index contributed by atoms with van der Waals surface area (Å²) in [6.07, 6.45) is -8.00. The first-order valence-electron chi connectivity index (χ1n) is 8.52. The standard InChI is InChI=1S/C20H14F7N3/c1-30(17-9-14(20(25,26)27)5-6-16(17)21)18-10-15(28-11-29-18)8-12-3-2-4-13(7-12)19(22,23)24/h2-7,9-11H,8H2,1H3. The molecule has 0 spiro atoms. The molecule has 3 nitrogen and oxygen atoms in total. The Morgan fingerprint density at radius 1 is 0.833 bits per heavy atom. The summed E-state index contributed by atoms with van der Waals surface area (Å²) in [6.45, 7) is 0. The maximum atomic E-state index is 14.1. The van der Waals surface area contributed by atoms with E-state index in [1.807, 2.05) is 0 Å². The number of halogens is 7. The molecule has 0 atom stereocenters. The van der Waals surface area contributed by atoms with E-state index in [9.17, 15) is 30.7 Å². The largest absolute Gasteiger partial charge is 0.416 e. The highest BCUT2D eigenvalue weighted by Gasteiger charge is 2.32. The van der Waals surface area contributed by atoms with Crippen molar-refractivity contribution < 1.29 is 30.7 Å². The van der Waals surface area contributed by atoms with Crippen molar-refractivity contribution in [1.82, 2.24) is 9.97 Å². The molecule has 0 unspecified atom stereocenters. The second-order valence-electron chi connectivity index (χ2n) is 6.47. The Labute approximate surface area is 166 Å². The molecule has 0 saturated heterocycles. The van der Waals surface area contributed by atoms with Crippen LogP contribution in [0.3, 0.4) is 0 Å². The smallest absolute Gasteiger partial charge is 0.327 e. The lowest BCUT2D eigenvalue weighted by Gasteiger charge is -2.20. The molecule has 0 saturated carbocycles. The van der Waals surface area contributed by atoms with Crippen LogP contribution in [0.5, 0.6) is 0 Å². The molecule has 0 amide bonds. The van der Waals surface area contributed by atoms with Gasteiger partial charge in [0.15, 0.2) is 0 Å². The fourth-order valence-corrected chi connectivity index (χ4v) is 2.80. The van der Waals surface area contributed by atoms with Gasteiger partial charge in [0.25, 0.3) is 0 Å². The quantitative estimate of drug-likeness (QED) is 0.476. The number of alkyl halides is 6. The second kappa shape index (κ2) is 7.92. The van der Waals surface area contributed by atoms with Crippen LogP contribution in [0.4, 0.5) is 42.2 Å². The summed E-state index contributed by atoms with van der Waals surface area (Å²) in [4.78, 5) is 9.04. The third-order valence-corrected chi connectivity index (χ3v) is 4.33. The molecule has 0 aliphatic heterocycles. The van der Waals surface area contributed by atoms with Crippen LogP contribution in [0.1, 0.15) is 22.4 Å². The van der Waals surface area contributed by atoms with E-state index in [2.05, 4.69) is 9.97 Å². The first-order chi connectivity index (χ1) is 13.9. The fraction of sp³-hybridized carbons (Fsp3) is 0.200. The molecule has 2 aromatic carbocycles. The molecule has 1 aromatic heterocycles. The zero-order valence-electron chi connectivity index (χ0n) is 15.4. The zero-order chi connectivity index (χ0) is 22.1. The van der Waals surface area contributed by atoms with Gasteiger partial charge in [-0.3, -0.25) is 0 Å². The molecule has 0 radical (unpaired) electrons. The third-order valence-electron chi connectivity index (χ3n) is 4.33. The van der Waals surface area contributed by atoms with Crippen LogP contribution in [0.2, 0.25) is 0 Å². The predicted octanol–water partition coefficient (Wildman–Crippen LogP) is 6.01. The van der Waals surface area contributed by atoms with Gasteiger partial charge in [-0.1, -0.05) is 18.2 Å². The van der Waals surface area contributed by atoms with Crippen molar-refractivity contribution in [1.29, 1.82) is 0 Å². The van der Waals surface area contributed by atoms with E-state index in [1.54, 1.807) is 0 Å². The predicted molar refractivity (Wildman–Crippen MR) is 95.7 cm³/mol. The van der Waals surface area contributed by atoms with Crippen LogP contribution in [0.15, 0.2) is 54.9 Å². The minimum Gasteiger partial charge on any atom is -0.327 e. The lowest BCUT2D eigenvalue weighted by atomic mass is 10.1. The molecule has 0 bridgehead atoms. The molecule has 0 aliphatic rings. The summed E-state index contributed by atoms with van der Waals surface area (Å²) in [6, 6.07) is 8.06. The highest BCUT2D eigenvalue weighted by Crippen LogP contribution is 2.34. The van der Waals surface area contributed by atoms with Crippen LogP contribution in [-0.2, 0) is 18.8 Å². The number of benzene rings is 2. The van der Waals surface area contributed by atoms with Crippen LogP contribution in [0, 0.1) is 5.82 Å². The van der Waals surface area contributed by atoms with Gasteiger partial charge in [-0.05, 0) is 29.8 Å². The third kappa shape index (κ3) is 4.87. The van der Waals surface area contributed by atoms with Crippen LogP contribution < -0.4 is 4.90 Å². The number of hydrogen-bond acceptors (Lipinski definition) is 3. The lowest BCUT2D eigenvalue weighted by molar-refractivity contribution is -0.138. The SMILES string of the molecule is CN(c1cc(Cc2cccc(C(F)(F)F)c2)ncn1)c1cc(C(F)(F)F)ccc1F. The Bertz CT molecular complexity index is 1050. The van der Waals surface area contributed by atoms with E-state index >= 15 is 0 Å². The van der Waals surface area contributed by atoms with E-state index in [0.717, 1.165) is 23.4 Å². The Hall–Kier alpha value is -3.17. The molecule has 0 aliphatic carbocycles. The van der Waals surface area contributed by atoms with E-state index in [0.29, 0.717) is 29.5 Å². The molecule has 10 heteroatoms. The maximum absolute atomic E-state index is 14.1. The van der Waals surface area contributed by atoms with Gasteiger partial charge in [-0.25, -0.2) is 14.4 Å². The summed E-state index contributed by atoms with van der Waals surface area (Å²) in [5.41, 5.74) is -1.53. The van der Waals surface area contributed by atoms with Gasteiger partial charge in [0, 0.05) is 19.5 Å². The second-order valence-corrected chi connectivity index (χ2v) is 6.47. The average molecular weight is 429 g/mol. The number of aromatic nitrogens is 2. The van der Waals surface area contributed by atoms with Crippen molar-refractivity contribution in [3.63, 3.8) is 0 Å². The van der Waals surface area contributed by atoms with Gasteiger partial charge in [-0.2, -0.15) is 26.3 Å². The van der Waals surface area contributed by atoms with Crippen molar-refractivity contribution in [3.05, 3.63) is 83.1 Å². The number of hydrogen-bond donors (Lipinski definition) is 0. The molecule has 0 N–H and O–H groups in total. The number of nitrogens with zero attached hydrogens (tertiary/aromatic N) is 3. The highest BCUT2D eigenvalue weighted by atomic mass is 19.4. The minimum atomic E-state index is -4.65. The molecular formula is C20H14F7N3. The summed E-state index contributed by atoms with van der Waals surface area (Å²) in [5, 5.41) is 0. The van der Waals surface area contributed by atoms with Crippen molar-refractivity contribution in [2.24, 2.45) is 0 Å². The first kappa shape index (κ1) is 21.5. The van der Waals surface area contributed by atoms with Gasteiger partial charge >= 0.3 is 12.4 Å². The summed E-state index contributed by atoms with van der Waals surface area (Å²) < 4.78 is 91.6. The minimum absolute atomic E-state index is 0.0261. The Morgan fingerprint density at radius 2 is 1.50 bits per heavy atom. The zero-order valence-corrected chi connectivity index (χ0v) is 15.4. The van der Waals surface area contributed by atoms with E-state index in [-0.39, 0.29) is 17.9 Å². The monoisotopic (exact) mass is 429 g/mol. The number of anilines is 2. The molecule has 3 aromatic rings.